The molecule has 3 aromatic rings. The normalized spacial score (nSPS) is 16.1. The predicted molar refractivity (Wildman–Crippen MR) is 99.9 cm³/mol. The Labute approximate surface area is 152 Å². The van der Waals surface area contributed by atoms with Gasteiger partial charge in [-0.1, -0.05) is 36.4 Å². The van der Waals surface area contributed by atoms with Crippen LogP contribution in [0.15, 0.2) is 60.9 Å². The van der Waals surface area contributed by atoms with Crippen molar-refractivity contribution in [2.24, 2.45) is 5.73 Å². The van der Waals surface area contributed by atoms with Gasteiger partial charge in [-0.05, 0) is 42.5 Å². The summed E-state index contributed by atoms with van der Waals surface area (Å²) in [5.74, 6) is 1.04. The minimum Gasteiger partial charge on any atom is -0.484 e. The van der Waals surface area contributed by atoms with E-state index in [0.29, 0.717) is 11.8 Å². The molecule has 0 aliphatic heterocycles. The van der Waals surface area contributed by atoms with Crippen molar-refractivity contribution in [2.45, 2.75) is 25.3 Å². The number of aryl methyl sites for hydroxylation is 1. The summed E-state index contributed by atoms with van der Waals surface area (Å²) in [5.41, 5.74) is 8.99. The van der Waals surface area contributed by atoms with Crippen molar-refractivity contribution in [2.75, 3.05) is 6.61 Å². The Kier molecular flexibility index (Phi) is 4.44. The Hall–Kier alpha value is -3.08. The van der Waals surface area contributed by atoms with Crippen LogP contribution >= 0.6 is 0 Å². The van der Waals surface area contributed by atoms with Crippen LogP contribution in [0.5, 0.6) is 5.75 Å². The SMILES string of the molecule is NC(=O)COc1cccc(-c2nccn2C2CCc3ccccc3C2)c1. The number of nitrogens with two attached hydrogens (primary N) is 1. The van der Waals surface area contributed by atoms with Crippen LogP contribution < -0.4 is 10.5 Å². The fourth-order valence-electron chi connectivity index (χ4n) is 3.63. The molecule has 0 spiro atoms. The molecule has 0 saturated carbocycles. The molecule has 5 nitrogen and oxygen atoms in total. The van der Waals surface area contributed by atoms with Crippen LogP contribution in [0.4, 0.5) is 0 Å². The number of hydrogen-bond donors (Lipinski definition) is 1. The van der Waals surface area contributed by atoms with Crippen molar-refractivity contribution in [1.82, 2.24) is 9.55 Å². The van der Waals surface area contributed by atoms with Crippen molar-refractivity contribution in [3.63, 3.8) is 0 Å². The highest BCUT2D eigenvalue weighted by Gasteiger charge is 2.22. The van der Waals surface area contributed by atoms with Gasteiger partial charge in [0, 0.05) is 24.0 Å². The van der Waals surface area contributed by atoms with Gasteiger partial charge in [0.05, 0.1) is 0 Å². The van der Waals surface area contributed by atoms with Gasteiger partial charge >= 0.3 is 0 Å². The molecule has 0 radical (unpaired) electrons. The van der Waals surface area contributed by atoms with Crippen LogP contribution in [0.1, 0.15) is 23.6 Å². The maximum Gasteiger partial charge on any atom is 0.255 e. The number of carbonyl (C=O) groups is 1. The van der Waals surface area contributed by atoms with Crippen LogP contribution in [0.2, 0.25) is 0 Å². The zero-order valence-electron chi connectivity index (χ0n) is 14.5. The third kappa shape index (κ3) is 3.33. The molecular formula is C21H21N3O2. The van der Waals surface area contributed by atoms with E-state index in [9.17, 15) is 4.79 Å². The Balaban J connectivity index is 1.60. The van der Waals surface area contributed by atoms with E-state index < -0.39 is 5.91 Å². The van der Waals surface area contributed by atoms with Crippen LogP contribution in [0, 0.1) is 0 Å². The largest absolute Gasteiger partial charge is 0.484 e. The molecule has 5 heteroatoms. The van der Waals surface area contributed by atoms with Gasteiger partial charge in [0.25, 0.3) is 5.91 Å². The number of primary amides is 1. The summed E-state index contributed by atoms with van der Waals surface area (Å²) in [7, 11) is 0. The maximum atomic E-state index is 10.9. The summed E-state index contributed by atoms with van der Waals surface area (Å²) in [4.78, 5) is 15.5. The van der Waals surface area contributed by atoms with Gasteiger partial charge in [-0.25, -0.2) is 4.98 Å². The average molecular weight is 347 g/mol. The number of benzene rings is 2. The van der Waals surface area contributed by atoms with Crippen LogP contribution in [-0.4, -0.2) is 22.1 Å². The number of rotatable bonds is 5. The molecule has 1 unspecified atom stereocenters. The first-order chi connectivity index (χ1) is 12.7. The summed E-state index contributed by atoms with van der Waals surface area (Å²) in [6.07, 6.45) is 7.08. The third-order valence-electron chi connectivity index (χ3n) is 4.86. The number of hydrogen-bond acceptors (Lipinski definition) is 3. The molecule has 2 aromatic carbocycles. The van der Waals surface area contributed by atoms with Crippen molar-refractivity contribution in [3.8, 4) is 17.1 Å². The minimum absolute atomic E-state index is 0.128. The number of amides is 1. The number of ether oxygens (including phenoxy) is 1. The van der Waals surface area contributed by atoms with Crippen molar-refractivity contribution >= 4 is 5.91 Å². The molecule has 1 aliphatic carbocycles. The van der Waals surface area contributed by atoms with Gasteiger partial charge in [-0.15, -0.1) is 0 Å². The monoisotopic (exact) mass is 347 g/mol. The van der Waals surface area contributed by atoms with E-state index in [0.717, 1.165) is 30.7 Å². The lowest BCUT2D eigenvalue weighted by Crippen LogP contribution is -2.20. The standard InChI is InChI=1S/C21H21N3O2/c22-20(25)14-26-19-7-3-6-17(13-19)21-23-10-11-24(21)18-9-8-15-4-1-2-5-16(15)12-18/h1-7,10-11,13,18H,8-9,12,14H2,(H2,22,25). The smallest absolute Gasteiger partial charge is 0.255 e. The van der Waals surface area contributed by atoms with Crippen LogP contribution in [-0.2, 0) is 17.6 Å². The summed E-state index contributed by atoms with van der Waals surface area (Å²) < 4.78 is 7.68. The lowest BCUT2D eigenvalue weighted by molar-refractivity contribution is -0.119. The van der Waals surface area contributed by atoms with Crippen LogP contribution in [0.3, 0.4) is 0 Å². The van der Waals surface area contributed by atoms with E-state index in [1.54, 1.807) is 0 Å². The number of fused-ring (bicyclic) bond motifs is 1. The molecule has 0 bridgehead atoms. The highest BCUT2D eigenvalue weighted by Crippen LogP contribution is 2.32. The van der Waals surface area contributed by atoms with Gasteiger partial charge < -0.3 is 15.0 Å². The molecule has 1 amide bonds. The molecular weight excluding hydrogens is 326 g/mol. The highest BCUT2D eigenvalue weighted by atomic mass is 16.5. The second-order valence-electron chi connectivity index (χ2n) is 6.61. The first-order valence-corrected chi connectivity index (χ1v) is 8.82. The molecule has 1 atom stereocenters. The van der Waals surface area contributed by atoms with Gasteiger partial charge in [0.1, 0.15) is 11.6 Å². The van der Waals surface area contributed by atoms with E-state index in [2.05, 4.69) is 33.8 Å². The molecule has 1 aromatic heterocycles. The zero-order valence-corrected chi connectivity index (χ0v) is 14.5. The van der Waals surface area contributed by atoms with E-state index in [-0.39, 0.29) is 6.61 Å². The third-order valence-corrected chi connectivity index (χ3v) is 4.86. The average Bonchev–Trinajstić information content (AvgIpc) is 3.16. The van der Waals surface area contributed by atoms with E-state index >= 15 is 0 Å². The van der Waals surface area contributed by atoms with Gasteiger partial charge in [0.2, 0.25) is 0 Å². The predicted octanol–water partition coefficient (Wildman–Crippen LogP) is 3.14. The number of carbonyl (C=O) groups excluding carboxylic acids is 1. The fourth-order valence-corrected chi connectivity index (χ4v) is 3.63. The molecule has 4 rings (SSSR count). The maximum absolute atomic E-state index is 10.9. The minimum atomic E-state index is -0.488. The summed E-state index contributed by atoms with van der Waals surface area (Å²) in [6, 6.07) is 16.7. The Morgan fingerprint density at radius 2 is 2.04 bits per heavy atom. The molecule has 0 saturated heterocycles. The molecule has 1 aliphatic rings. The summed E-state index contributed by atoms with van der Waals surface area (Å²) in [5, 5.41) is 0. The number of imidazole rings is 1. The topological polar surface area (TPSA) is 70.1 Å². The molecule has 0 fully saturated rings. The fraction of sp³-hybridized carbons (Fsp3) is 0.238. The second-order valence-corrected chi connectivity index (χ2v) is 6.61. The van der Waals surface area contributed by atoms with Crippen LogP contribution in [0.25, 0.3) is 11.4 Å². The lowest BCUT2D eigenvalue weighted by atomic mass is 9.88. The summed E-state index contributed by atoms with van der Waals surface area (Å²) >= 11 is 0. The molecule has 1 heterocycles. The quantitative estimate of drug-likeness (QED) is 0.771. The Morgan fingerprint density at radius 1 is 1.19 bits per heavy atom. The van der Waals surface area contributed by atoms with Gasteiger partial charge in [-0.3, -0.25) is 4.79 Å². The zero-order chi connectivity index (χ0) is 17.9. The molecule has 26 heavy (non-hydrogen) atoms. The van der Waals surface area contributed by atoms with Gasteiger partial charge in [-0.2, -0.15) is 0 Å². The van der Waals surface area contributed by atoms with Crippen molar-refractivity contribution in [1.29, 1.82) is 0 Å². The first-order valence-electron chi connectivity index (χ1n) is 8.82. The summed E-state index contributed by atoms with van der Waals surface area (Å²) in [6.45, 7) is -0.128. The van der Waals surface area contributed by atoms with E-state index in [1.807, 2.05) is 36.7 Å². The number of nitrogens with zero attached hydrogens (tertiary/aromatic N) is 2. The lowest BCUT2D eigenvalue weighted by Gasteiger charge is -2.27. The second kappa shape index (κ2) is 7.04. The van der Waals surface area contributed by atoms with E-state index in [1.165, 1.54) is 11.1 Å². The van der Waals surface area contributed by atoms with Crippen molar-refractivity contribution in [3.05, 3.63) is 72.1 Å². The Bertz CT molecular complexity index is 932. The Morgan fingerprint density at radius 3 is 2.88 bits per heavy atom. The van der Waals surface area contributed by atoms with E-state index in [4.69, 9.17) is 10.5 Å². The number of aromatic nitrogens is 2. The highest BCUT2D eigenvalue weighted by molar-refractivity contribution is 5.75. The molecule has 132 valence electrons. The van der Waals surface area contributed by atoms with Crippen molar-refractivity contribution < 1.29 is 9.53 Å². The van der Waals surface area contributed by atoms with Gasteiger partial charge in [0.15, 0.2) is 6.61 Å². The first kappa shape index (κ1) is 16.4. The molecule has 2 N–H and O–H groups in total.